The maximum atomic E-state index is 11.8. The molecule has 120 valence electrons. The zero-order valence-corrected chi connectivity index (χ0v) is 14.1. The molecule has 0 atom stereocenters. The fourth-order valence-corrected chi connectivity index (χ4v) is 3.96. The van der Waals surface area contributed by atoms with E-state index in [0.717, 1.165) is 50.6 Å². The number of hydrogen-bond acceptors (Lipinski definition) is 2. The van der Waals surface area contributed by atoms with Crippen LogP contribution in [0.3, 0.4) is 0 Å². The Morgan fingerprint density at radius 1 is 1.18 bits per heavy atom. The minimum atomic E-state index is 0.114. The van der Waals surface area contributed by atoms with Gasteiger partial charge < -0.3 is 10.2 Å². The maximum Gasteiger partial charge on any atom is 0.317 e. The van der Waals surface area contributed by atoms with Crippen molar-refractivity contribution in [3.05, 3.63) is 33.8 Å². The van der Waals surface area contributed by atoms with E-state index in [9.17, 15) is 4.79 Å². The van der Waals surface area contributed by atoms with Gasteiger partial charge in [0.15, 0.2) is 0 Å². The average molecular weight is 322 g/mol. The van der Waals surface area contributed by atoms with E-state index in [0.29, 0.717) is 6.04 Å². The number of aryl methyl sites for hydroxylation is 2. The molecule has 2 saturated heterocycles. The molecule has 2 aliphatic rings. The predicted molar refractivity (Wildman–Crippen MR) is 89.3 cm³/mol. The van der Waals surface area contributed by atoms with Crippen LogP contribution in [0.2, 0.25) is 5.02 Å². The highest BCUT2D eigenvalue weighted by molar-refractivity contribution is 6.30. The molecule has 0 aliphatic carbocycles. The summed E-state index contributed by atoms with van der Waals surface area (Å²) in [5.41, 5.74) is 3.93. The second kappa shape index (κ2) is 6.47. The van der Waals surface area contributed by atoms with E-state index in [2.05, 4.69) is 24.1 Å². The van der Waals surface area contributed by atoms with Crippen LogP contribution in [0.1, 0.15) is 29.5 Å². The lowest BCUT2D eigenvalue weighted by Crippen LogP contribution is -2.45. The Kier molecular flexibility index (Phi) is 4.59. The van der Waals surface area contributed by atoms with Crippen molar-refractivity contribution < 1.29 is 4.79 Å². The normalized spacial score (nSPS) is 20.5. The Balaban J connectivity index is 1.59. The highest BCUT2D eigenvalue weighted by Crippen LogP contribution is 2.24. The SMILES string of the molecule is Cc1cc(Cl)cc(C)c1CN1CCC(N2CCNC2=O)CC1. The fourth-order valence-electron chi connectivity index (χ4n) is 3.64. The summed E-state index contributed by atoms with van der Waals surface area (Å²) in [5.74, 6) is 0. The monoisotopic (exact) mass is 321 g/mol. The van der Waals surface area contributed by atoms with Crippen molar-refractivity contribution in [1.29, 1.82) is 0 Å². The van der Waals surface area contributed by atoms with Crippen LogP contribution in [0.15, 0.2) is 12.1 Å². The fraction of sp³-hybridized carbons (Fsp3) is 0.588. The third kappa shape index (κ3) is 3.23. The first-order valence-electron chi connectivity index (χ1n) is 8.07. The summed E-state index contributed by atoms with van der Waals surface area (Å²) in [4.78, 5) is 16.3. The molecule has 5 heteroatoms. The molecule has 3 rings (SSSR count). The molecule has 22 heavy (non-hydrogen) atoms. The van der Waals surface area contributed by atoms with Crippen molar-refractivity contribution in [1.82, 2.24) is 15.1 Å². The minimum Gasteiger partial charge on any atom is -0.336 e. The summed E-state index contributed by atoms with van der Waals surface area (Å²) in [6.45, 7) is 9.01. The Bertz CT molecular complexity index is 544. The van der Waals surface area contributed by atoms with Gasteiger partial charge in [-0.05, 0) is 55.5 Å². The molecule has 0 saturated carbocycles. The molecule has 1 aromatic carbocycles. The summed E-state index contributed by atoms with van der Waals surface area (Å²) in [6.07, 6.45) is 2.14. The van der Waals surface area contributed by atoms with E-state index >= 15 is 0 Å². The second-order valence-corrected chi connectivity index (χ2v) is 6.89. The number of nitrogens with one attached hydrogen (secondary N) is 1. The first kappa shape index (κ1) is 15.6. The first-order chi connectivity index (χ1) is 10.5. The molecule has 2 fully saturated rings. The third-order valence-electron chi connectivity index (χ3n) is 4.93. The average Bonchev–Trinajstić information content (AvgIpc) is 2.90. The Hall–Kier alpha value is -1.26. The van der Waals surface area contributed by atoms with Gasteiger partial charge in [0.2, 0.25) is 0 Å². The molecule has 0 aromatic heterocycles. The van der Waals surface area contributed by atoms with E-state index in [-0.39, 0.29) is 6.03 Å². The van der Waals surface area contributed by atoms with Crippen LogP contribution in [0, 0.1) is 13.8 Å². The van der Waals surface area contributed by atoms with Crippen molar-refractivity contribution in [2.75, 3.05) is 26.2 Å². The Labute approximate surface area is 137 Å². The van der Waals surface area contributed by atoms with Gasteiger partial charge >= 0.3 is 6.03 Å². The molecule has 1 N–H and O–H groups in total. The zero-order chi connectivity index (χ0) is 15.7. The van der Waals surface area contributed by atoms with E-state index in [1.807, 2.05) is 17.0 Å². The van der Waals surface area contributed by atoms with E-state index in [4.69, 9.17) is 11.6 Å². The van der Waals surface area contributed by atoms with E-state index < -0.39 is 0 Å². The van der Waals surface area contributed by atoms with Crippen LogP contribution in [-0.4, -0.2) is 48.1 Å². The number of carbonyl (C=O) groups is 1. The lowest BCUT2D eigenvalue weighted by molar-refractivity contribution is 0.132. The smallest absolute Gasteiger partial charge is 0.317 e. The lowest BCUT2D eigenvalue weighted by Gasteiger charge is -2.36. The lowest BCUT2D eigenvalue weighted by atomic mass is 9.99. The van der Waals surface area contributed by atoms with Crippen molar-refractivity contribution in [3.63, 3.8) is 0 Å². The molecule has 0 spiro atoms. The van der Waals surface area contributed by atoms with Crippen molar-refractivity contribution >= 4 is 17.6 Å². The van der Waals surface area contributed by atoms with Gasteiger partial charge in [-0.3, -0.25) is 4.90 Å². The molecule has 2 heterocycles. The summed E-state index contributed by atoms with van der Waals surface area (Å²) >= 11 is 6.11. The van der Waals surface area contributed by atoms with Crippen molar-refractivity contribution in [2.24, 2.45) is 0 Å². The van der Waals surface area contributed by atoms with Crippen LogP contribution in [0.25, 0.3) is 0 Å². The number of carbonyl (C=O) groups excluding carboxylic acids is 1. The number of rotatable bonds is 3. The number of hydrogen-bond donors (Lipinski definition) is 1. The summed E-state index contributed by atoms with van der Waals surface area (Å²) < 4.78 is 0. The summed E-state index contributed by atoms with van der Waals surface area (Å²) in [5, 5.41) is 3.72. The number of urea groups is 1. The van der Waals surface area contributed by atoms with Crippen LogP contribution in [-0.2, 0) is 6.54 Å². The molecule has 0 unspecified atom stereocenters. The van der Waals surface area contributed by atoms with Crippen LogP contribution in [0.5, 0.6) is 0 Å². The molecule has 2 aliphatic heterocycles. The highest BCUT2D eigenvalue weighted by Gasteiger charge is 2.30. The largest absolute Gasteiger partial charge is 0.336 e. The van der Waals surface area contributed by atoms with E-state index in [1.54, 1.807) is 0 Å². The van der Waals surface area contributed by atoms with Gasteiger partial charge in [0.05, 0.1) is 0 Å². The van der Waals surface area contributed by atoms with Crippen LogP contribution >= 0.6 is 11.6 Å². The number of amides is 2. The summed E-state index contributed by atoms with van der Waals surface area (Å²) in [6, 6.07) is 4.62. The second-order valence-electron chi connectivity index (χ2n) is 6.45. The van der Waals surface area contributed by atoms with Gasteiger partial charge in [0.25, 0.3) is 0 Å². The standard InChI is InChI=1S/C17H24ClN3O/c1-12-9-14(18)10-13(2)16(12)11-20-6-3-15(4-7-20)21-8-5-19-17(21)22/h9-10,15H,3-8,11H2,1-2H3,(H,19,22). The van der Waals surface area contributed by atoms with Gasteiger partial charge in [-0.25, -0.2) is 4.79 Å². The molecule has 4 nitrogen and oxygen atoms in total. The van der Waals surface area contributed by atoms with Gasteiger partial charge in [0, 0.05) is 43.8 Å². The molecular weight excluding hydrogens is 298 g/mol. The number of benzene rings is 1. The van der Waals surface area contributed by atoms with Crippen LogP contribution in [0.4, 0.5) is 4.79 Å². The third-order valence-corrected chi connectivity index (χ3v) is 5.15. The quantitative estimate of drug-likeness (QED) is 0.929. The molecule has 2 amide bonds. The van der Waals surface area contributed by atoms with Gasteiger partial charge in [-0.1, -0.05) is 11.6 Å². The molecule has 0 radical (unpaired) electrons. The van der Waals surface area contributed by atoms with E-state index in [1.165, 1.54) is 16.7 Å². The number of nitrogens with zero attached hydrogens (tertiary/aromatic N) is 2. The Morgan fingerprint density at radius 3 is 2.36 bits per heavy atom. The summed E-state index contributed by atoms with van der Waals surface area (Å²) in [7, 11) is 0. The molecule has 1 aromatic rings. The topological polar surface area (TPSA) is 35.6 Å². The number of likely N-dealkylation sites (tertiary alicyclic amines) is 1. The van der Waals surface area contributed by atoms with Gasteiger partial charge in [-0.2, -0.15) is 0 Å². The maximum absolute atomic E-state index is 11.8. The zero-order valence-electron chi connectivity index (χ0n) is 13.4. The van der Waals surface area contributed by atoms with Crippen molar-refractivity contribution in [3.8, 4) is 0 Å². The predicted octanol–water partition coefficient (Wildman–Crippen LogP) is 2.95. The van der Waals surface area contributed by atoms with Gasteiger partial charge in [0.1, 0.15) is 0 Å². The van der Waals surface area contributed by atoms with Crippen LogP contribution < -0.4 is 5.32 Å². The number of halogens is 1. The minimum absolute atomic E-state index is 0.114. The first-order valence-corrected chi connectivity index (χ1v) is 8.45. The molecule has 0 bridgehead atoms. The Morgan fingerprint density at radius 2 is 1.82 bits per heavy atom. The molecular formula is C17H24ClN3O. The highest BCUT2D eigenvalue weighted by atomic mass is 35.5. The van der Waals surface area contributed by atoms with Crippen molar-refractivity contribution in [2.45, 2.75) is 39.3 Å². The number of piperidine rings is 1. The van der Waals surface area contributed by atoms with Gasteiger partial charge in [-0.15, -0.1) is 0 Å².